The monoisotopic (exact) mass is 403 g/mol. The molecular formula is C24H18ClNO3. The van der Waals surface area contributed by atoms with Crippen molar-refractivity contribution in [2.45, 2.75) is 12.5 Å². The van der Waals surface area contributed by atoms with Crippen LogP contribution in [-0.4, -0.2) is 23.0 Å². The summed E-state index contributed by atoms with van der Waals surface area (Å²) in [6.45, 7) is 0. The summed E-state index contributed by atoms with van der Waals surface area (Å²) in [5, 5.41) is 16.3. The second kappa shape index (κ2) is 7.94. The zero-order valence-electron chi connectivity index (χ0n) is 15.4. The van der Waals surface area contributed by atoms with Crippen LogP contribution in [0, 0.1) is 0 Å². The molecule has 0 aliphatic rings. The highest BCUT2D eigenvalue weighted by atomic mass is 35.5. The summed E-state index contributed by atoms with van der Waals surface area (Å²) in [4.78, 5) is 25.1. The second-order valence-corrected chi connectivity index (χ2v) is 7.26. The van der Waals surface area contributed by atoms with Crippen LogP contribution in [0.1, 0.15) is 15.9 Å². The molecule has 2 N–H and O–H groups in total. The van der Waals surface area contributed by atoms with Crippen molar-refractivity contribution in [1.82, 2.24) is 5.32 Å². The summed E-state index contributed by atoms with van der Waals surface area (Å²) in [5.41, 5.74) is 1.15. The van der Waals surface area contributed by atoms with Gasteiger partial charge in [-0.2, -0.15) is 0 Å². The van der Waals surface area contributed by atoms with Gasteiger partial charge in [-0.3, -0.25) is 4.79 Å². The van der Waals surface area contributed by atoms with E-state index < -0.39 is 17.9 Å². The van der Waals surface area contributed by atoms with E-state index in [4.69, 9.17) is 11.6 Å². The number of carboxylic acids is 1. The first-order valence-electron chi connectivity index (χ1n) is 9.22. The Bertz CT molecular complexity index is 1180. The van der Waals surface area contributed by atoms with Gasteiger partial charge in [-0.25, -0.2) is 4.79 Å². The van der Waals surface area contributed by atoms with Gasteiger partial charge in [0, 0.05) is 11.4 Å². The van der Waals surface area contributed by atoms with E-state index >= 15 is 0 Å². The lowest BCUT2D eigenvalue weighted by Crippen LogP contribution is -2.42. The van der Waals surface area contributed by atoms with Gasteiger partial charge in [0.2, 0.25) is 0 Å². The number of carbonyl (C=O) groups excluding carboxylic acids is 1. The molecule has 0 aliphatic carbocycles. The number of aliphatic carboxylic acids is 1. The fraction of sp³-hybridized carbons (Fsp3) is 0.0833. The van der Waals surface area contributed by atoms with Crippen molar-refractivity contribution in [3.05, 3.63) is 95.0 Å². The lowest BCUT2D eigenvalue weighted by Gasteiger charge is -2.17. The maximum atomic E-state index is 13.3. The molecule has 4 aromatic rings. The third kappa shape index (κ3) is 3.80. The van der Waals surface area contributed by atoms with Crippen LogP contribution in [0.2, 0.25) is 5.02 Å². The van der Waals surface area contributed by atoms with Gasteiger partial charge in [0.15, 0.2) is 0 Å². The van der Waals surface area contributed by atoms with E-state index in [0.29, 0.717) is 16.1 Å². The Hall–Kier alpha value is -3.37. The predicted molar refractivity (Wildman–Crippen MR) is 116 cm³/mol. The van der Waals surface area contributed by atoms with E-state index in [0.717, 1.165) is 21.5 Å². The fourth-order valence-electron chi connectivity index (χ4n) is 3.57. The third-order valence-corrected chi connectivity index (χ3v) is 5.35. The maximum absolute atomic E-state index is 13.3. The Labute approximate surface area is 172 Å². The average molecular weight is 404 g/mol. The lowest BCUT2D eigenvalue weighted by atomic mass is 9.96. The zero-order chi connectivity index (χ0) is 20.4. The van der Waals surface area contributed by atoms with E-state index in [9.17, 15) is 14.7 Å². The minimum atomic E-state index is -1.11. The molecule has 4 rings (SSSR count). The molecule has 5 heteroatoms. The lowest BCUT2D eigenvalue weighted by molar-refractivity contribution is -0.139. The second-order valence-electron chi connectivity index (χ2n) is 6.85. The van der Waals surface area contributed by atoms with Crippen molar-refractivity contribution in [3.63, 3.8) is 0 Å². The average Bonchev–Trinajstić information content (AvgIpc) is 2.72. The van der Waals surface area contributed by atoms with Crippen LogP contribution in [0.15, 0.2) is 78.9 Å². The van der Waals surface area contributed by atoms with Crippen LogP contribution in [0.4, 0.5) is 0 Å². The first-order chi connectivity index (χ1) is 14.0. The van der Waals surface area contributed by atoms with Crippen LogP contribution >= 0.6 is 11.6 Å². The maximum Gasteiger partial charge on any atom is 0.326 e. The molecule has 144 valence electrons. The van der Waals surface area contributed by atoms with Crippen molar-refractivity contribution in [2.75, 3.05) is 0 Å². The van der Waals surface area contributed by atoms with Crippen LogP contribution in [0.5, 0.6) is 0 Å². The molecule has 0 saturated heterocycles. The molecule has 0 aromatic heterocycles. The smallest absolute Gasteiger partial charge is 0.326 e. The van der Waals surface area contributed by atoms with Gasteiger partial charge >= 0.3 is 5.97 Å². The molecule has 29 heavy (non-hydrogen) atoms. The highest BCUT2D eigenvalue weighted by molar-refractivity contribution is 6.31. The van der Waals surface area contributed by atoms with Crippen molar-refractivity contribution >= 4 is 45.0 Å². The summed E-state index contributed by atoms with van der Waals surface area (Å²) >= 11 is 6.18. The third-order valence-electron chi connectivity index (χ3n) is 4.98. The number of carbonyl (C=O) groups is 2. The summed E-state index contributed by atoms with van der Waals surface area (Å²) in [5.74, 6) is -1.53. The van der Waals surface area contributed by atoms with Gasteiger partial charge in [0.05, 0.1) is 5.56 Å². The number of nitrogens with one attached hydrogen (secondary N) is 1. The normalized spacial score (nSPS) is 12.0. The minimum Gasteiger partial charge on any atom is -0.480 e. The van der Waals surface area contributed by atoms with Gasteiger partial charge < -0.3 is 10.4 Å². The first-order valence-corrected chi connectivity index (χ1v) is 9.60. The summed E-state index contributed by atoms with van der Waals surface area (Å²) in [7, 11) is 0. The topological polar surface area (TPSA) is 66.4 Å². The van der Waals surface area contributed by atoms with E-state index in [1.807, 2.05) is 54.6 Å². The standard InChI is InChI=1S/C24H18ClNO3/c25-20-12-6-3-9-17(20)14-21(24(28)29)26-23(27)22-18-10-4-1-7-15(18)13-16-8-2-5-11-19(16)22/h1-13,21H,14H2,(H,26,27)(H,28,29)/t21-/m1/s1. The Balaban J connectivity index is 1.75. The summed E-state index contributed by atoms with van der Waals surface area (Å²) in [6, 6.07) is 23.2. The highest BCUT2D eigenvalue weighted by Crippen LogP contribution is 2.28. The molecule has 4 nitrogen and oxygen atoms in total. The van der Waals surface area contributed by atoms with Gasteiger partial charge in [-0.05, 0) is 39.2 Å². The largest absolute Gasteiger partial charge is 0.480 e. The molecule has 0 unspecified atom stereocenters. The number of carboxylic acid groups (broad SMARTS) is 1. The molecule has 0 bridgehead atoms. The molecule has 0 saturated carbocycles. The number of fused-ring (bicyclic) bond motifs is 2. The number of amides is 1. The minimum absolute atomic E-state index is 0.101. The molecule has 1 amide bonds. The van der Waals surface area contributed by atoms with Crippen molar-refractivity contribution in [1.29, 1.82) is 0 Å². The van der Waals surface area contributed by atoms with Gasteiger partial charge in [-0.15, -0.1) is 0 Å². The van der Waals surface area contributed by atoms with Gasteiger partial charge in [0.1, 0.15) is 6.04 Å². The molecular weight excluding hydrogens is 386 g/mol. The van der Waals surface area contributed by atoms with Gasteiger partial charge in [-0.1, -0.05) is 78.3 Å². The number of hydrogen-bond donors (Lipinski definition) is 2. The fourth-order valence-corrected chi connectivity index (χ4v) is 3.79. The molecule has 0 spiro atoms. The SMILES string of the molecule is O=C(N[C@H](Cc1ccccc1Cl)C(=O)O)c1c2ccccc2cc2ccccc12. The van der Waals surface area contributed by atoms with E-state index in [1.165, 1.54) is 0 Å². The number of hydrogen-bond acceptors (Lipinski definition) is 2. The van der Waals surface area contributed by atoms with Gasteiger partial charge in [0.25, 0.3) is 5.91 Å². The van der Waals surface area contributed by atoms with E-state index in [1.54, 1.807) is 24.3 Å². The van der Waals surface area contributed by atoms with Crippen LogP contribution in [0.3, 0.4) is 0 Å². The van der Waals surface area contributed by atoms with Crippen LogP contribution in [-0.2, 0) is 11.2 Å². The zero-order valence-corrected chi connectivity index (χ0v) is 16.2. The Morgan fingerprint density at radius 3 is 2.00 bits per heavy atom. The Morgan fingerprint density at radius 1 is 0.862 bits per heavy atom. The number of halogens is 1. The molecule has 0 aliphatic heterocycles. The number of rotatable bonds is 5. The molecule has 0 radical (unpaired) electrons. The van der Waals surface area contributed by atoms with E-state index in [-0.39, 0.29) is 6.42 Å². The molecule has 0 fully saturated rings. The van der Waals surface area contributed by atoms with Crippen molar-refractivity contribution in [3.8, 4) is 0 Å². The highest BCUT2D eigenvalue weighted by Gasteiger charge is 2.24. The summed E-state index contributed by atoms with van der Waals surface area (Å²) < 4.78 is 0. The predicted octanol–water partition coefficient (Wildman–Crippen LogP) is 5.07. The van der Waals surface area contributed by atoms with Crippen molar-refractivity contribution in [2.24, 2.45) is 0 Å². The van der Waals surface area contributed by atoms with Crippen LogP contribution in [0.25, 0.3) is 21.5 Å². The number of benzene rings is 4. The van der Waals surface area contributed by atoms with E-state index in [2.05, 4.69) is 5.32 Å². The molecule has 1 atom stereocenters. The Kier molecular flexibility index (Phi) is 5.19. The van der Waals surface area contributed by atoms with Crippen molar-refractivity contribution < 1.29 is 14.7 Å². The quantitative estimate of drug-likeness (QED) is 0.457. The molecule has 0 heterocycles. The molecule has 4 aromatic carbocycles. The first kappa shape index (κ1) is 19.0. The van der Waals surface area contributed by atoms with Crippen LogP contribution < -0.4 is 5.32 Å². The Morgan fingerprint density at radius 2 is 1.41 bits per heavy atom. The summed E-state index contributed by atoms with van der Waals surface area (Å²) in [6.07, 6.45) is 0.101.